The van der Waals surface area contributed by atoms with Gasteiger partial charge in [0.2, 0.25) is 0 Å². The maximum Gasteiger partial charge on any atom is 0.328 e. The molecule has 182 valence electrons. The van der Waals surface area contributed by atoms with Crippen LogP contribution in [0.3, 0.4) is 0 Å². The number of aryl methyl sites for hydroxylation is 1. The number of aromatic nitrogens is 4. The number of fused-ring (bicyclic) bond motifs is 2. The molecule has 0 radical (unpaired) electrons. The minimum atomic E-state index is -0.847. The lowest BCUT2D eigenvalue weighted by Gasteiger charge is -2.13. The smallest absolute Gasteiger partial charge is 0.328 e. The second-order valence-corrected chi connectivity index (χ2v) is 8.79. The van der Waals surface area contributed by atoms with E-state index in [-0.39, 0.29) is 11.3 Å². The highest BCUT2D eigenvalue weighted by Crippen LogP contribution is 2.31. The topological polar surface area (TPSA) is 131 Å². The number of carbonyl (C=O) groups is 3. The van der Waals surface area contributed by atoms with Crippen molar-refractivity contribution in [1.29, 1.82) is 0 Å². The number of aromatic hydroxyl groups is 1. The van der Waals surface area contributed by atoms with E-state index in [1.807, 2.05) is 72.2 Å². The summed E-state index contributed by atoms with van der Waals surface area (Å²) in [7, 11) is 0. The highest BCUT2D eigenvalue weighted by Gasteiger charge is 2.28. The van der Waals surface area contributed by atoms with E-state index in [0.29, 0.717) is 23.4 Å². The van der Waals surface area contributed by atoms with Crippen molar-refractivity contribution in [3.05, 3.63) is 89.1 Å². The van der Waals surface area contributed by atoms with E-state index >= 15 is 0 Å². The van der Waals surface area contributed by atoms with Crippen molar-refractivity contribution >= 4 is 45.9 Å². The Morgan fingerprint density at radius 2 is 1.57 bits per heavy atom. The number of imide groups is 2. The highest BCUT2D eigenvalue weighted by molar-refractivity contribution is 6.31. The lowest BCUT2D eigenvalue weighted by Crippen LogP contribution is -2.51. The number of nitrogens with zero attached hydrogens (tertiary/aromatic N) is 4. The van der Waals surface area contributed by atoms with Crippen LogP contribution in [0.2, 0.25) is 0 Å². The number of nitrogens with one attached hydrogen (secondary N) is 2. The molecule has 0 unspecified atom stereocenters. The first kappa shape index (κ1) is 22.2. The number of para-hydroxylation sites is 1. The Bertz CT molecular complexity index is 1740. The zero-order valence-corrected chi connectivity index (χ0v) is 19.6. The molecular weight excluding hydrogens is 472 g/mol. The molecule has 4 amide bonds. The van der Waals surface area contributed by atoms with Gasteiger partial charge in [0.25, 0.3) is 11.8 Å². The van der Waals surface area contributed by atoms with Crippen LogP contribution in [0.25, 0.3) is 33.7 Å². The number of benzene rings is 3. The summed E-state index contributed by atoms with van der Waals surface area (Å²) in [5.41, 5.74) is 4.77. The van der Waals surface area contributed by atoms with Gasteiger partial charge in [0.15, 0.2) is 0 Å². The van der Waals surface area contributed by atoms with Crippen LogP contribution in [-0.4, -0.2) is 42.5 Å². The standard InChI is InChI=1S/C27H20N6O4/c1-15-10-17(24(34)23(11-15)33-30-20-7-3-4-8-21(20)31-33)14-32-13-16(18-6-2-5-9-22(18)32)12-19-25(35)28-27(37)29-26(19)36/h2-13,34H,14H2,1H3,(H2,28,29,35,36,37). The first-order chi connectivity index (χ1) is 17.9. The Kier molecular flexibility index (Phi) is 5.08. The Morgan fingerprint density at radius 1 is 0.919 bits per heavy atom. The third-order valence-corrected chi connectivity index (χ3v) is 6.22. The summed E-state index contributed by atoms with van der Waals surface area (Å²) in [5.74, 6) is -1.47. The van der Waals surface area contributed by atoms with Crippen LogP contribution in [0.1, 0.15) is 16.7 Å². The number of hydrogen-bond acceptors (Lipinski definition) is 6. The van der Waals surface area contributed by atoms with Gasteiger partial charge in [-0.3, -0.25) is 20.2 Å². The largest absolute Gasteiger partial charge is 0.505 e. The Labute approximate surface area is 209 Å². The number of phenolic OH excluding ortho intramolecular Hbond substituents is 1. The van der Waals surface area contributed by atoms with Crippen LogP contribution in [-0.2, 0) is 16.1 Å². The van der Waals surface area contributed by atoms with Crippen LogP contribution in [0, 0.1) is 6.92 Å². The summed E-state index contributed by atoms with van der Waals surface area (Å²) in [4.78, 5) is 37.4. The van der Waals surface area contributed by atoms with Gasteiger partial charge in [-0.05, 0) is 42.8 Å². The van der Waals surface area contributed by atoms with Gasteiger partial charge in [-0.2, -0.15) is 0 Å². The van der Waals surface area contributed by atoms with Crippen LogP contribution in [0.4, 0.5) is 4.79 Å². The molecule has 6 rings (SSSR count). The van der Waals surface area contributed by atoms with Crippen molar-refractivity contribution in [2.75, 3.05) is 0 Å². The van der Waals surface area contributed by atoms with Crippen molar-refractivity contribution in [3.63, 3.8) is 0 Å². The first-order valence-corrected chi connectivity index (χ1v) is 11.5. The molecule has 0 aliphatic carbocycles. The first-order valence-electron chi connectivity index (χ1n) is 11.5. The molecule has 0 spiro atoms. The molecule has 1 fully saturated rings. The SMILES string of the molecule is Cc1cc(Cn2cc(C=C3C(=O)NC(=O)NC3=O)c3ccccc32)c(O)c(-n2nc3ccccc3n2)c1. The number of hydrogen-bond donors (Lipinski definition) is 3. The fourth-order valence-electron chi connectivity index (χ4n) is 4.54. The average molecular weight is 492 g/mol. The number of barbiturate groups is 1. The Hall–Kier alpha value is -5.25. The predicted molar refractivity (Wildman–Crippen MR) is 136 cm³/mol. The number of amides is 4. The second kappa shape index (κ2) is 8.45. The van der Waals surface area contributed by atoms with Gasteiger partial charge in [0.05, 0.1) is 6.54 Å². The lowest BCUT2D eigenvalue weighted by molar-refractivity contribution is -0.123. The molecule has 1 saturated heterocycles. The maximum atomic E-state index is 12.3. The van der Waals surface area contributed by atoms with Crippen LogP contribution >= 0.6 is 0 Å². The minimum Gasteiger partial charge on any atom is -0.505 e. The number of phenols is 1. The zero-order chi connectivity index (χ0) is 25.7. The van der Waals surface area contributed by atoms with E-state index < -0.39 is 17.8 Å². The summed E-state index contributed by atoms with van der Waals surface area (Å²) in [6.45, 7) is 2.24. The molecule has 0 saturated carbocycles. The van der Waals surface area contributed by atoms with E-state index in [4.69, 9.17) is 0 Å². The molecule has 5 aromatic rings. The summed E-state index contributed by atoms with van der Waals surface area (Å²) < 4.78 is 1.93. The van der Waals surface area contributed by atoms with Crippen LogP contribution in [0.5, 0.6) is 5.75 Å². The molecule has 1 aliphatic rings. The van der Waals surface area contributed by atoms with Crippen molar-refractivity contribution in [2.24, 2.45) is 0 Å². The monoisotopic (exact) mass is 492 g/mol. The Morgan fingerprint density at radius 3 is 2.27 bits per heavy atom. The van der Waals surface area contributed by atoms with Gasteiger partial charge >= 0.3 is 6.03 Å². The molecule has 3 heterocycles. The van der Waals surface area contributed by atoms with Crippen molar-refractivity contribution in [3.8, 4) is 11.4 Å². The summed E-state index contributed by atoms with van der Waals surface area (Å²) in [5, 5.41) is 25.2. The molecule has 3 aromatic carbocycles. The maximum absolute atomic E-state index is 12.3. The highest BCUT2D eigenvalue weighted by atomic mass is 16.3. The van der Waals surface area contributed by atoms with Gasteiger partial charge in [-0.25, -0.2) is 4.79 Å². The van der Waals surface area contributed by atoms with E-state index in [0.717, 1.165) is 27.5 Å². The fourth-order valence-corrected chi connectivity index (χ4v) is 4.54. The minimum absolute atomic E-state index is 0.0492. The molecule has 0 bridgehead atoms. The Balaban J connectivity index is 1.43. The van der Waals surface area contributed by atoms with Gasteiger partial charge in [0.1, 0.15) is 28.0 Å². The summed E-state index contributed by atoms with van der Waals surface area (Å²) in [6.07, 6.45) is 3.26. The van der Waals surface area contributed by atoms with E-state index in [1.165, 1.54) is 10.9 Å². The van der Waals surface area contributed by atoms with Crippen LogP contribution in [0.15, 0.2) is 72.4 Å². The van der Waals surface area contributed by atoms with Crippen molar-refractivity contribution < 1.29 is 19.5 Å². The normalized spacial score (nSPS) is 13.8. The van der Waals surface area contributed by atoms with E-state index in [1.54, 1.807) is 6.20 Å². The molecule has 1 aliphatic heterocycles. The number of rotatable bonds is 4. The molecule has 3 N–H and O–H groups in total. The third-order valence-electron chi connectivity index (χ3n) is 6.22. The van der Waals surface area contributed by atoms with E-state index in [9.17, 15) is 19.5 Å². The van der Waals surface area contributed by atoms with Crippen molar-refractivity contribution in [1.82, 2.24) is 30.2 Å². The predicted octanol–water partition coefficient (Wildman–Crippen LogP) is 3.19. The summed E-state index contributed by atoms with van der Waals surface area (Å²) in [6, 6.07) is 17.9. The second-order valence-electron chi connectivity index (χ2n) is 8.79. The molecule has 2 aromatic heterocycles. The molecule has 10 nitrogen and oxygen atoms in total. The number of carbonyl (C=O) groups excluding carboxylic acids is 3. The fraction of sp³-hybridized carbons (Fsp3) is 0.0741. The molecule has 37 heavy (non-hydrogen) atoms. The average Bonchev–Trinajstić information content (AvgIpc) is 3.45. The zero-order valence-electron chi connectivity index (χ0n) is 19.6. The third kappa shape index (κ3) is 3.90. The summed E-state index contributed by atoms with van der Waals surface area (Å²) >= 11 is 0. The quantitative estimate of drug-likeness (QED) is 0.261. The molecule has 10 heteroatoms. The van der Waals surface area contributed by atoms with Gasteiger partial charge in [-0.1, -0.05) is 36.4 Å². The van der Waals surface area contributed by atoms with Crippen molar-refractivity contribution in [2.45, 2.75) is 13.5 Å². The molecule has 0 atom stereocenters. The van der Waals surface area contributed by atoms with E-state index in [2.05, 4.69) is 20.8 Å². The molecular formula is C27H20N6O4. The van der Waals surface area contributed by atoms with Crippen LogP contribution < -0.4 is 10.6 Å². The lowest BCUT2D eigenvalue weighted by atomic mass is 10.1. The van der Waals surface area contributed by atoms with Gasteiger partial charge in [0, 0.05) is 28.2 Å². The number of urea groups is 1. The van der Waals surface area contributed by atoms with Gasteiger partial charge < -0.3 is 9.67 Å². The van der Waals surface area contributed by atoms with Gasteiger partial charge in [-0.15, -0.1) is 15.0 Å².